The van der Waals surface area contributed by atoms with Crippen LogP contribution in [0.4, 0.5) is 0 Å². The molecule has 0 saturated carbocycles. The normalized spacial score (nSPS) is 13.2. The van der Waals surface area contributed by atoms with E-state index >= 15 is 0 Å². The van der Waals surface area contributed by atoms with E-state index < -0.39 is 0 Å². The van der Waals surface area contributed by atoms with Crippen LogP contribution in [0.5, 0.6) is 0 Å². The molecule has 69 heavy (non-hydrogen) atoms. The van der Waals surface area contributed by atoms with Crippen molar-refractivity contribution in [2.75, 3.05) is 0 Å². The van der Waals surface area contributed by atoms with E-state index in [0.717, 1.165) is 27.5 Å². The Morgan fingerprint density at radius 3 is 1.90 bits per heavy atom. The molecule has 1 aliphatic rings. The van der Waals surface area contributed by atoms with E-state index in [9.17, 15) is 0 Å². The van der Waals surface area contributed by atoms with E-state index in [1.807, 2.05) is 18.5 Å². The van der Waals surface area contributed by atoms with Crippen molar-refractivity contribution >= 4 is 98.8 Å². The summed E-state index contributed by atoms with van der Waals surface area (Å²) in [5, 5.41) is 15.4. The van der Waals surface area contributed by atoms with Gasteiger partial charge in [0.25, 0.3) is 0 Å². The number of aromatic nitrogens is 1. The van der Waals surface area contributed by atoms with Gasteiger partial charge < -0.3 is 0 Å². The fourth-order valence-corrected chi connectivity index (χ4v) is 14.7. The van der Waals surface area contributed by atoms with Crippen LogP contribution < -0.4 is 0 Å². The van der Waals surface area contributed by atoms with E-state index in [-0.39, 0.29) is 19.9 Å². The molecule has 0 spiro atoms. The standard InChI is InChI=1S/C66H41NOSe/c1-66(2)56-21-11-10-20-51(56)62-47-18-8-6-16-44(47)52(36-57(62)66)41-23-29-58-55(35-41)64-59(68-58)30-28-43(61(64)38-13-4-3-5-14-38)40-22-25-46-49-26-27-50-54-33-39(42-15-12-32-67-37-42)24-31-60(54)69-65(50)63(49)48-19-9-7-17-45(48)53(46)34-40/h3-37H,1-2H3. The second-order valence-corrected chi connectivity index (χ2v) is 21.5. The van der Waals surface area contributed by atoms with Crippen LogP contribution in [-0.2, 0) is 5.41 Å². The average molecular weight is 943 g/mol. The molecule has 15 rings (SSSR count). The molecule has 0 atom stereocenters. The zero-order valence-corrected chi connectivity index (χ0v) is 39.7. The quantitative estimate of drug-likeness (QED) is 0.130. The number of rotatable bonds is 4. The van der Waals surface area contributed by atoms with Gasteiger partial charge in [0.05, 0.1) is 0 Å². The molecule has 3 heterocycles. The van der Waals surface area contributed by atoms with Crippen molar-refractivity contribution in [2.24, 2.45) is 0 Å². The second-order valence-electron chi connectivity index (χ2n) is 19.3. The first kappa shape index (κ1) is 39.0. The van der Waals surface area contributed by atoms with Gasteiger partial charge in [0.2, 0.25) is 0 Å². The van der Waals surface area contributed by atoms with E-state index in [1.165, 1.54) is 124 Å². The van der Waals surface area contributed by atoms with Gasteiger partial charge >= 0.3 is 271 Å². The van der Waals surface area contributed by atoms with Gasteiger partial charge in [-0.25, -0.2) is 0 Å². The fraction of sp³-hybridized carbons (Fsp3) is 0.0455. The van der Waals surface area contributed by atoms with Crippen molar-refractivity contribution in [1.82, 2.24) is 4.98 Å². The molecular formula is C66H41NOSe. The Labute approximate surface area is 404 Å². The molecule has 0 saturated heterocycles. The SMILES string of the molecule is CC1(C)c2ccccc2-c2c1cc(-c1ccc3oc4ccc(-c5ccc6c(c5)c5ccccc5c5c6ccc6c7cc(-c8cccnc8)ccc7[se]c65)c(-c5ccccc5)c4c3c1)c1ccccc21. The van der Waals surface area contributed by atoms with Gasteiger partial charge in [-0.05, 0) is 56.3 Å². The van der Waals surface area contributed by atoms with Crippen LogP contribution in [0, 0.1) is 0 Å². The molecule has 0 fully saturated rings. The minimum Gasteiger partial charge on any atom is -0.0616 e. The first-order chi connectivity index (χ1) is 34.0. The monoisotopic (exact) mass is 943 g/mol. The number of benzene rings is 11. The third-order valence-corrected chi connectivity index (χ3v) is 17.9. The summed E-state index contributed by atoms with van der Waals surface area (Å²) < 4.78 is 9.71. The Morgan fingerprint density at radius 1 is 0.377 bits per heavy atom. The Hall–Kier alpha value is -8.07. The molecule has 0 bridgehead atoms. The molecule has 2 nitrogen and oxygen atoms in total. The van der Waals surface area contributed by atoms with E-state index in [2.05, 4.69) is 213 Å². The van der Waals surface area contributed by atoms with Crippen LogP contribution in [0.2, 0.25) is 0 Å². The van der Waals surface area contributed by atoms with Gasteiger partial charge in [-0.1, -0.05) is 74.5 Å². The van der Waals surface area contributed by atoms with E-state index in [1.54, 1.807) is 0 Å². The van der Waals surface area contributed by atoms with E-state index in [4.69, 9.17) is 4.42 Å². The Morgan fingerprint density at radius 2 is 1.03 bits per heavy atom. The third-order valence-electron chi connectivity index (χ3n) is 15.3. The predicted octanol–water partition coefficient (Wildman–Crippen LogP) is 17.9. The molecule has 0 radical (unpaired) electrons. The van der Waals surface area contributed by atoms with Crippen LogP contribution in [-0.4, -0.2) is 19.5 Å². The number of nitrogens with zero attached hydrogens (tertiary/aromatic N) is 1. The summed E-state index contributed by atoms with van der Waals surface area (Å²) in [6, 6.07) is 74.8. The molecular weight excluding hydrogens is 902 g/mol. The molecule has 1 aliphatic carbocycles. The molecule has 3 aromatic heterocycles. The summed E-state index contributed by atoms with van der Waals surface area (Å²) >= 11 is 0.178. The summed E-state index contributed by atoms with van der Waals surface area (Å²) in [5.74, 6) is 0. The Bertz CT molecular complexity index is 4480. The summed E-state index contributed by atoms with van der Waals surface area (Å²) in [6.45, 7) is 4.75. The number of pyridine rings is 1. The van der Waals surface area contributed by atoms with Crippen molar-refractivity contribution < 1.29 is 4.42 Å². The first-order valence-electron chi connectivity index (χ1n) is 23.8. The zero-order valence-electron chi connectivity index (χ0n) is 38.0. The summed E-state index contributed by atoms with van der Waals surface area (Å²) in [6.07, 6.45) is 3.80. The number of hydrogen-bond donors (Lipinski definition) is 0. The maximum absolute atomic E-state index is 6.80. The summed E-state index contributed by atoms with van der Waals surface area (Å²) in [4.78, 5) is 4.41. The van der Waals surface area contributed by atoms with E-state index in [0.29, 0.717) is 0 Å². The predicted molar refractivity (Wildman–Crippen MR) is 293 cm³/mol. The van der Waals surface area contributed by atoms with Crippen molar-refractivity contribution in [3.05, 3.63) is 224 Å². The van der Waals surface area contributed by atoms with Crippen molar-refractivity contribution in [2.45, 2.75) is 19.3 Å². The minimum absolute atomic E-state index is 0.123. The number of furan rings is 1. The van der Waals surface area contributed by atoms with Crippen LogP contribution in [0.25, 0.3) is 140 Å². The average Bonchev–Trinajstić information content (AvgIpc) is 4.05. The second kappa shape index (κ2) is 14.5. The van der Waals surface area contributed by atoms with Crippen molar-refractivity contribution in [3.63, 3.8) is 0 Å². The fourth-order valence-electron chi connectivity index (χ4n) is 12.1. The molecule has 0 unspecified atom stereocenters. The maximum atomic E-state index is 6.80. The number of hydrogen-bond acceptors (Lipinski definition) is 2. The topological polar surface area (TPSA) is 26.0 Å². The third kappa shape index (κ3) is 5.58. The van der Waals surface area contributed by atoms with Gasteiger partial charge in [-0.15, -0.1) is 0 Å². The molecule has 322 valence electrons. The molecule has 0 N–H and O–H groups in total. The molecule has 0 aliphatic heterocycles. The Balaban J connectivity index is 0.946. The molecule has 3 heteroatoms. The summed E-state index contributed by atoms with van der Waals surface area (Å²) in [7, 11) is 0. The van der Waals surface area contributed by atoms with Gasteiger partial charge in [0, 0.05) is 5.41 Å². The van der Waals surface area contributed by atoms with Gasteiger partial charge in [0.15, 0.2) is 0 Å². The van der Waals surface area contributed by atoms with Gasteiger partial charge in [-0.2, -0.15) is 0 Å². The number of fused-ring (bicyclic) bond motifs is 18. The van der Waals surface area contributed by atoms with Crippen LogP contribution in [0.3, 0.4) is 0 Å². The van der Waals surface area contributed by atoms with Crippen molar-refractivity contribution in [3.8, 4) is 55.6 Å². The molecule has 0 amide bonds. The van der Waals surface area contributed by atoms with Crippen LogP contribution in [0.1, 0.15) is 25.0 Å². The van der Waals surface area contributed by atoms with Crippen molar-refractivity contribution in [1.29, 1.82) is 0 Å². The smallest absolute Gasteiger partial charge is 0.0616 e. The minimum atomic E-state index is -0.123. The zero-order chi connectivity index (χ0) is 45.5. The first-order valence-corrected chi connectivity index (χ1v) is 25.5. The Kier molecular flexibility index (Phi) is 8.17. The van der Waals surface area contributed by atoms with Gasteiger partial charge in [-0.3, -0.25) is 0 Å². The summed E-state index contributed by atoms with van der Waals surface area (Å²) in [5.41, 5.74) is 16.7. The molecule has 14 aromatic rings. The van der Waals surface area contributed by atoms with Crippen LogP contribution >= 0.6 is 0 Å². The molecule has 11 aromatic carbocycles. The van der Waals surface area contributed by atoms with Crippen LogP contribution in [0.15, 0.2) is 217 Å². The van der Waals surface area contributed by atoms with Gasteiger partial charge in [0.1, 0.15) is 0 Å².